The van der Waals surface area contributed by atoms with E-state index >= 15 is 0 Å². The Labute approximate surface area is 243 Å². The lowest BCUT2D eigenvalue weighted by atomic mass is 9.66. The van der Waals surface area contributed by atoms with Gasteiger partial charge in [0.25, 0.3) is 0 Å². The lowest BCUT2D eigenvalue weighted by molar-refractivity contribution is -0.194. The zero-order valence-electron chi connectivity index (χ0n) is 22.4. The van der Waals surface area contributed by atoms with Gasteiger partial charge in [-0.05, 0) is 48.2 Å². The van der Waals surface area contributed by atoms with Gasteiger partial charge in [0.05, 0.1) is 6.26 Å². The van der Waals surface area contributed by atoms with Crippen LogP contribution in [-0.2, 0) is 10.0 Å². The molecule has 5 atom stereocenters. The Morgan fingerprint density at radius 1 is 1.10 bits per heavy atom. The van der Waals surface area contributed by atoms with Gasteiger partial charge in [0.1, 0.15) is 12.8 Å². The summed E-state index contributed by atoms with van der Waals surface area (Å²) >= 11 is 12.5. The number of aliphatic hydroxyl groups excluding tert-OH is 2. The van der Waals surface area contributed by atoms with Crippen molar-refractivity contribution in [2.45, 2.75) is 69.8 Å². The molecule has 0 aromatic heterocycles. The monoisotopic (exact) mass is 626 g/mol. The van der Waals surface area contributed by atoms with Gasteiger partial charge in [0, 0.05) is 46.4 Å². The molecule has 3 rings (SSSR count). The number of benzene rings is 2. The molecule has 0 bridgehead atoms. The highest BCUT2D eigenvalue weighted by atomic mass is 35.5. The van der Waals surface area contributed by atoms with E-state index in [2.05, 4.69) is 0 Å². The molecule has 2 aromatic rings. The van der Waals surface area contributed by atoms with Gasteiger partial charge in [-0.1, -0.05) is 61.3 Å². The van der Waals surface area contributed by atoms with Gasteiger partial charge >= 0.3 is 6.18 Å². The van der Waals surface area contributed by atoms with Crippen LogP contribution in [0.4, 0.5) is 13.2 Å². The average molecular weight is 628 g/mol. The Morgan fingerprint density at radius 3 is 2.23 bits per heavy atom. The predicted molar refractivity (Wildman–Crippen MR) is 148 cm³/mol. The first-order chi connectivity index (χ1) is 18.4. The molecule has 1 fully saturated rings. The number of piperidine rings is 1. The van der Waals surface area contributed by atoms with Crippen molar-refractivity contribution >= 4 is 33.2 Å². The molecule has 7 nitrogen and oxygen atoms in total. The Kier molecular flexibility index (Phi) is 10.6. The number of halogens is 5. The third-order valence-corrected chi connectivity index (χ3v) is 9.27. The predicted octanol–water partition coefficient (Wildman–Crippen LogP) is 5.15. The molecule has 3 unspecified atom stereocenters. The molecule has 1 saturated heterocycles. The van der Waals surface area contributed by atoms with Crippen LogP contribution in [0.1, 0.15) is 56.2 Å². The van der Waals surface area contributed by atoms with E-state index in [0.29, 0.717) is 19.9 Å². The van der Waals surface area contributed by atoms with Crippen molar-refractivity contribution in [1.29, 1.82) is 0 Å². The second-order valence-electron chi connectivity index (χ2n) is 10.8. The van der Waals surface area contributed by atoms with E-state index in [4.69, 9.17) is 23.2 Å². The summed E-state index contributed by atoms with van der Waals surface area (Å²) in [6.45, 7) is 1.15. The number of likely N-dealkylation sites (tertiary alicyclic amines) is 1. The van der Waals surface area contributed by atoms with Gasteiger partial charge in [-0.15, -0.1) is 0 Å². The van der Waals surface area contributed by atoms with Gasteiger partial charge in [0.2, 0.25) is 10.0 Å². The van der Waals surface area contributed by atoms with Gasteiger partial charge in [-0.2, -0.15) is 17.5 Å². The van der Waals surface area contributed by atoms with Crippen molar-refractivity contribution in [3.8, 4) is 0 Å². The number of aliphatic hydroxyl groups is 3. The fraction of sp³-hybridized carbons (Fsp3) is 0.556. The fourth-order valence-electron chi connectivity index (χ4n) is 5.76. The van der Waals surface area contributed by atoms with Crippen LogP contribution in [0.2, 0.25) is 10.0 Å². The summed E-state index contributed by atoms with van der Waals surface area (Å²) in [5.41, 5.74) is 0.325. The SMILES string of the molecule is CCC(CN(CC(F)(F)F)S(C)(=O)=O)N1C(c2ccc(Cl)cc2)[C@@H](c2cccc(Cl)c2)C[C@](C)(CC(O)O)C1O. The number of nitrogens with zero attached hydrogens (tertiary/aromatic N) is 2. The van der Waals surface area contributed by atoms with Crippen molar-refractivity contribution < 1.29 is 36.9 Å². The second-order valence-corrected chi connectivity index (χ2v) is 13.6. The number of alkyl halides is 3. The number of sulfonamides is 1. The van der Waals surface area contributed by atoms with Crippen molar-refractivity contribution in [3.05, 3.63) is 69.7 Å². The number of rotatable bonds is 10. The third kappa shape index (κ3) is 8.10. The molecule has 224 valence electrons. The molecule has 40 heavy (non-hydrogen) atoms. The number of hydrogen-bond donors (Lipinski definition) is 3. The maximum Gasteiger partial charge on any atom is 0.402 e. The van der Waals surface area contributed by atoms with Crippen LogP contribution in [0.25, 0.3) is 0 Å². The minimum absolute atomic E-state index is 0.186. The first kappa shape index (κ1) is 33.1. The van der Waals surface area contributed by atoms with E-state index in [1.54, 1.807) is 61.2 Å². The number of hydrogen-bond acceptors (Lipinski definition) is 6. The molecule has 0 radical (unpaired) electrons. The lowest BCUT2D eigenvalue weighted by Crippen LogP contribution is -2.61. The Bertz CT molecular complexity index is 1250. The summed E-state index contributed by atoms with van der Waals surface area (Å²) in [7, 11) is -4.28. The molecule has 1 heterocycles. The molecule has 1 aliphatic rings. The van der Waals surface area contributed by atoms with E-state index in [9.17, 15) is 36.9 Å². The van der Waals surface area contributed by atoms with Crippen molar-refractivity contribution in [2.24, 2.45) is 5.41 Å². The van der Waals surface area contributed by atoms with Gasteiger partial charge in [0.15, 0.2) is 6.29 Å². The highest BCUT2D eigenvalue weighted by molar-refractivity contribution is 7.88. The smallest absolute Gasteiger partial charge is 0.378 e. The first-order valence-corrected chi connectivity index (χ1v) is 15.4. The van der Waals surface area contributed by atoms with E-state index in [0.717, 1.165) is 11.8 Å². The Morgan fingerprint density at radius 2 is 1.73 bits per heavy atom. The Balaban J connectivity index is 2.23. The molecule has 3 N–H and O–H groups in total. The van der Waals surface area contributed by atoms with Crippen molar-refractivity contribution in [1.82, 2.24) is 9.21 Å². The summed E-state index contributed by atoms with van der Waals surface area (Å²) in [6, 6.07) is 12.4. The van der Waals surface area contributed by atoms with Crippen LogP contribution in [0.15, 0.2) is 48.5 Å². The van der Waals surface area contributed by atoms with Gasteiger partial charge in [-0.3, -0.25) is 4.90 Å². The van der Waals surface area contributed by atoms with Crippen molar-refractivity contribution in [2.75, 3.05) is 19.3 Å². The molecule has 1 aliphatic heterocycles. The van der Waals surface area contributed by atoms with E-state index in [-0.39, 0.29) is 19.3 Å². The molecule has 13 heteroatoms. The summed E-state index contributed by atoms with van der Waals surface area (Å²) in [5, 5.41) is 32.6. The van der Waals surface area contributed by atoms with Crippen molar-refractivity contribution in [3.63, 3.8) is 0 Å². The average Bonchev–Trinajstić information content (AvgIpc) is 2.82. The molecule has 0 spiro atoms. The molecule has 0 amide bonds. The zero-order valence-corrected chi connectivity index (χ0v) is 24.7. The molecular weight excluding hydrogens is 592 g/mol. The summed E-state index contributed by atoms with van der Waals surface area (Å²) in [4.78, 5) is 1.62. The third-order valence-electron chi connectivity index (χ3n) is 7.56. The fourth-order valence-corrected chi connectivity index (χ4v) is 6.91. The minimum atomic E-state index is -4.78. The second kappa shape index (κ2) is 12.8. The van der Waals surface area contributed by atoms with Gasteiger partial charge in [-0.25, -0.2) is 8.42 Å². The van der Waals surface area contributed by atoms with Crippen LogP contribution in [0.3, 0.4) is 0 Å². The van der Waals surface area contributed by atoms with E-state index in [1.807, 2.05) is 6.07 Å². The Hall–Kier alpha value is -1.44. The summed E-state index contributed by atoms with van der Waals surface area (Å²) in [6.07, 6.45) is -6.99. The minimum Gasteiger partial charge on any atom is -0.378 e. The van der Waals surface area contributed by atoms with Crippen LogP contribution in [0, 0.1) is 5.41 Å². The van der Waals surface area contributed by atoms with E-state index < -0.39 is 65.2 Å². The molecule has 0 aliphatic carbocycles. The quantitative estimate of drug-likeness (QED) is 0.315. The standard InChI is InChI=1S/C27H35Cl2F3N2O5S/c1-4-21(15-33(40(3,38)39)16-27(30,31)32)34-24(17-8-10-19(28)11-9-17)22(18-6-5-7-20(29)12-18)13-26(2,25(34)37)14-23(35)36/h5-12,21-25,35-37H,4,13-16H2,1-3H3/t21?,22-,24?,25?,26-/m1/s1. The largest absolute Gasteiger partial charge is 0.402 e. The van der Waals surface area contributed by atoms with Crippen LogP contribution >= 0.6 is 23.2 Å². The van der Waals surface area contributed by atoms with Crippen LogP contribution in [-0.4, -0.2) is 77.0 Å². The summed E-state index contributed by atoms with van der Waals surface area (Å²) < 4.78 is 65.6. The maximum absolute atomic E-state index is 13.4. The normalized spacial score (nSPS) is 25.5. The lowest BCUT2D eigenvalue weighted by Gasteiger charge is -2.56. The molecular formula is C27H35Cl2F3N2O5S. The molecule has 2 aromatic carbocycles. The molecule has 0 saturated carbocycles. The topological polar surface area (TPSA) is 101 Å². The van der Waals surface area contributed by atoms with Gasteiger partial charge < -0.3 is 15.3 Å². The summed E-state index contributed by atoms with van der Waals surface area (Å²) in [5.74, 6) is -0.421. The first-order valence-electron chi connectivity index (χ1n) is 12.8. The highest BCUT2D eigenvalue weighted by Crippen LogP contribution is 2.54. The van der Waals surface area contributed by atoms with E-state index in [1.165, 1.54) is 0 Å². The highest BCUT2D eigenvalue weighted by Gasteiger charge is 2.52. The van der Waals surface area contributed by atoms with Crippen LogP contribution < -0.4 is 0 Å². The maximum atomic E-state index is 13.4. The van der Waals surface area contributed by atoms with Crippen LogP contribution in [0.5, 0.6) is 0 Å². The zero-order chi connectivity index (χ0) is 30.0.